The van der Waals surface area contributed by atoms with Crippen LogP contribution in [0.4, 0.5) is 5.69 Å². The number of carbonyl (C=O) groups excluding carboxylic acids is 2. The molecule has 34 heavy (non-hydrogen) atoms. The number of amides is 2. The largest absolute Gasteiger partial charge is 0.274 e. The van der Waals surface area contributed by atoms with E-state index in [1.165, 1.54) is 21.6 Å². The van der Waals surface area contributed by atoms with E-state index in [4.69, 9.17) is 0 Å². The number of nitrogens with zero attached hydrogens (tertiary/aromatic N) is 1. The second-order valence-corrected chi connectivity index (χ2v) is 9.90. The van der Waals surface area contributed by atoms with Crippen molar-refractivity contribution in [3.05, 3.63) is 118 Å². The van der Waals surface area contributed by atoms with Gasteiger partial charge in [-0.15, -0.1) is 0 Å². The lowest BCUT2D eigenvalue weighted by molar-refractivity contribution is -0.122. The maximum atomic E-state index is 13.7. The highest BCUT2D eigenvalue weighted by Crippen LogP contribution is 2.58. The van der Waals surface area contributed by atoms with Crippen molar-refractivity contribution in [2.75, 3.05) is 4.90 Å². The van der Waals surface area contributed by atoms with Gasteiger partial charge in [-0.3, -0.25) is 9.59 Å². The highest BCUT2D eigenvalue weighted by molar-refractivity contribution is 6.23. The van der Waals surface area contributed by atoms with Crippen LogP contribution in [0.3, 0.4) is 0 Å². The van der Waals surface area contributed by atoms with Gasteiger partial charge in [-0.1, -0.05) is 83.9 Å². The molecule has 0 N–H and O–H groups in total. The first-order valence-electron chi connectivity index (χ1n) is 11.9. The fraction of sp³-hybridized carbons (Fsp3) is 0.226. The summed E-state index contributed by atoms with van der Waals surface area (Å²) in [5.74, 6) is -0.908. The Balaban J connectivity index is 1.49. The van der Waals surface area contributed by atoms with Crippen molar-refractivity contribution < 1.29 is 9.59 Å². The lowest BCUT2D eigenvalue weighted by Gasteiger charge is -2.22. The SMILES string of the molecule is Cc1ccc(C(=C2[C@H]3C=C[C@H]2[C@H]2C(=O)N(c4cccc(C)c4)C(=O)[C@@H]23)c2ccc(C)cc2)cc1. The summed E-state index contributed by atoms with van der Waals surface area (Å²) in [4.78, 5) is 28.8. The molecule has 1 aliphatic heterocycles. The van der Waals surface area contributed by atoms with Crippen LogP contribution in [0.5, 0.6) is 0 Å². The first kappa shape index (κ1) is 20.9. The van der Waals surface area contributed by atoms with Gasteiger partial charge in [-0.05, 0) is 60.7 Å². The van der Waals surface area contributed by atoms with E-state index in [2.05, 4.69) is 74.5 Å². The zero-order valence-corrected chi connectivity index (χ0v) is 19.7. The molecular weight excluding hydrogens is 418 g/mol. The Bertz CT molecular complexity index is 1300. The predicted octanol–water partition coefficient (Wildman–Crippen LogP) is 6.04. The fourth-order valence-electron chi connectivity index (χ4n) is 6.06. The average molecular weight is 446 g/mol. The van der Waals surface area contributed by atoms with Gasteiger partial charge in [0.25, 0.3) is 0 Å². The van der Waals surface area contributed by atoms with Crippen LogP contribution in [-0.4, -0.2) is 11.8 Å². The number of rotatable bonds is 3. The Morgan fingerprint density at radius 1 is 0.647 bits per heavy atom. The first-order chi connectivity index (χ1) is 16.4. The Labute approximate surface area is 200 Å². The number of fused-ring (bicyclic) bond motifs is 5. The maximum absolute atomic E-state index is 13.7. The summed E-state index contributed by atoms with van der Waals surface area (Å²) >= 11 is 0. The molecule has 0 radical (unpaired) electrons. The second kappa shape index (κ2) is 7.66. The zero-order chi connectivity index (χ0) is 23.6. The van der Waals surface area contributed by atoms with E-state index < -0.39 is 0 Å². The van der Waals surface area contributed by atoms with Gasteiger partial charge < -0.3 is 0 Å². The van der Waals surface area contributed by atoms with Crippen LogP contribution >= 0.6 is 0 Å². The third-order valence-electron chi connectivity index (χ3n) is 7.64. The molecule has 2 fully saturated rings. The Morgan fingerprint density at radius 2 is 1.15 bits per heavy atom. The van der Waals surface area contributed by atoms with Crippen molar-refractivity contribution in [1.29, 1.82) is 0 Å². The molecule has 1 heterocycles. The molecule has 3 aliphatic rings. The van der Waals surface area contributed by atoms with E-state index in [9.17, 15) is 9.59 Å². The maximum Gasteiger partial charge on any atom is 0.238 e. The number of allylic oxidation sites excluding steroid dienone is 3. The minimum Gasteiger partial charge on any atom is -0.274 e. The van der Waals surface area contributed by atoms with E-state index in [1.54, 1.807) is 0 Å². The van der Waals surface area contributed by atoms with Gasteiger partial charge in [0.05, 0.1) is 17.5 Å². The van der Waals surface area contributed by atoms with Gasteiger partial charge in [-0.2, -0.15) is 0 Å². The Kier molecular flexibility index (Phi) is 4.70. The molecule has 0 aromatic heterocycles. The van der Waals surface area contributed by atoms with Crippen molar-refractivity contribution in [2.24, 2.45) is 23.7 Å². The number of imide groups is 1. The Morgan fingerprint density at radius 3 is 1.62 bits per heavy atom. The molecule has 2 amide bonds. The number of benzene rings is 3. The molecule has 1 saturated heterocycles. The molecule has 2 aliphatic carbocycles. The van der Waals surface area contributed by atoms with Crippen molar-refractivity contribution in [2.45, 2.75) is 20.8 Å². The number of anilines is 1. The first-order valence-corrected chi connectivity index (χ1v) is 11.9. The minimum atomic E-state index is -0.330. The summed E-state index contributed by atoms with van der Waals surface area (Å²) in [6.45, 7) is 6.16. The van der Waals surface area contributed by atoms with Crippen LogP contribution in [0.1, 0.15) is 27.8 Å². The summed E-state index contributed by atoms with van der Waals surface area (Å²) in [5.41, 5.74) is 8.80. The van der Waals surface area contributed by atoms with Crippen LogP contribution in [-0.2, 0) is 9.59 Å². The van der Waals surface area contributed by atoms with Crippen LogP contribution in [0.2, 0.25) is 0 Å². The van der Waals surface area contributed by atoms with Gasteiger partial charge in [0.1, 0.15) is 0 Å². The fourth-order valence-corrected chi connectivity index (χ4v) is 6.06. The third-order valence-corrected chi connectivity index (χ3v) is 7.64. The quantitative estimate of drug-likeness (QED) is 0.364. The summed E-state index contributed by atoms with van der Waals surface area (Å²) in [6, 6.07) is 24.8. The van der Waals surface area contributed by atoms with Gasteiger partial charge in [0.2, 0.25) is 11.8 Å². The van der Waals surface area contributed by atoms with Crippen LogP contribution in [0.25, 0.3) is 5.57 Å². The molecular formula is C31H27NO2. The molecule has 6 rings (SSSR count). The molecule has 168 valence electrons. The molecule has 0 unspecified atom stereocenters. The van der Waals surface area contributed by atoms with Gasteiger partial charge in [-0.25, -0.2) is 4.90 Å². The lowest BCUT2D eigenvalue weighted by Crippen LogP contribution is -2.33. The number of carbonyl (C=O) groups is 2. The van der Waals surface area contributed by atoms with Crippen LogP contribution < -0.4 is 4.90 Å². The number of hydrogen-bond acceptors (Lipinski definition) is 2. The van der Waals surface area contributed by atoms with E-state index in [0.717, 1.165) is 22.3 Å². The molecule has 3 aromatic rings. The molecule has 1 saturated carbocycles. The third kappa shape index (κ3) is 3.03. The summed E-state index contributed by atoms with van der Waals surface area (Å²) in [5, 5.41) is 0. The zero-order valence-electron chi connectivity index (χ0n) is 19.7. The van der Waals surface area contributed by atoms with Crippen molar-refractivity contribution in [1.82, 2.24) is 0 Å². The summed E-state index contributed by atoms with van der Waals surface area (Å²) < 4.78 is 0. The lowest BCUT2D eigenvalue weighted by atomic mass is 9.85. The number of hydrogen-bond donors (Lipinski definition) is 0. The van der Waals surface area contributed by atoms with E-state index >= 15 is 0 Å². The molecule has 3 aromatic carbocycles. The van der Waals surface area contributed by atoms with Gasteiger partial charge in [0, 0.05) is 11.8 Å². The average Bonchev–Trinajstić information content (AvgIpc) is 3.46. The normalized spacial score (nSPS) is 24.8. The summed E-state index contributed by atoms with van der Waals surface area (Å²) in [6.07, 6.45) is 4.32. The highest BCUT2D eigenvalue weighted by Gasteiger charge is 2.62. The van der Waals surface area contributed by atoms with Gasteiger partial charge >= 0.3 is 0 Å². The topological polar surface area (TPSA) is 37.4 Å². The van der Waals surface area contributed by atoms with Crippen molar-refractivity contribution in [3.63, 3.8) is 0 Å². The smallest absolute Gasteiger partial charge is 0.238 e. The van der Waals surface area contributed by atoms with Crippen molar-refractivity contribution >= 4 is 23.1 Å². The van der Waals surface area contributed by atoms with Crippen LogP contribution in [0, 0.1) is 44.4 Å². The van der Waals surface area contributed by atoms with E-state index in [0.29, 0.717) is 5.69 Å². The summed E-state index contributed by atoms with van der Waals surface area (Å²) in [7, 11) is 0. The number of aryl methyl sites for hydroxylation is 3. The second-order valence-electron chi connectivity index (χ2n) is 9.90. The van der Waals surface area contributed by atoms with Crippen molar-refractivity contribution in [3.8, 4) is 0 Å². The highest BCUT2D eigenvalue weighted by atomic mass is 16.2. The van der Waals surface area contributed by atoms with Crippen LogP contribution in [0.15, 0.2) is 90.5 Å². The molecule has 3 heteroatoms. The van der Waals surface area contributed by atoms with E-state index in [-0.39, 0.29) is 35.5 Å². The van der Waals surface area contributed by atoms with Gasteiger partial charge in [0.15, 0.2) is 0 Å². The Hall–Kier alpha value is -3.72. The predicted molar refractivity (Wildman–Crippen MR) is 135 cm³/mol. The monoisotopic (exact) mass is 445 g/mol. The molecule has 0 spiro atoms. The standard InChI is InChI=1S/C31H27NO2/c1-18-7-11-21(12-8-18)26(22-13-9-19(2)10-14-22)27-24-15-16-25(27)29-28(24)30(33)32(31(29)34)23-6-4-5-20(3)17-23/h4-17,24-25,28-29H,1-3H3/t24-,25-,28-,29-/m1/s1. The molecule has 3 nitrogen and oxygen atoms in total. The minimum absolute atomic E-state index is 0.0566. The molecule has 4 atom stereocenters. The van der Waals surface area contributed by atoms with E-state index in [1.807, 2.05) is 31.2 Å². The molecule has 2 bridgehead atoms.